The lowest BCUT2D eigenvalue weighted by molar-refractivity contribution is -0.118. The van der Waals surface area contributed by atoms with Gasteiger partial charge in [0.25, 0.3) is 0 Å². The van der Waals surface area contributed by atoms with Gasteiger partial charge in [-0.2, -0.15) is 0 Å². The first kappa shape index (κ1) is 7.59. The van der Waals surface area contributed by atoms with Gasteiger partial charge in [-0.1, -0.05) is 0 Å². The van der Waals surface area contributed by atoms with Gasteiger partial charge in [-0.05, 0) is 12.3 Å². The van der Waals surface area contributed by atoms with Crippen LogP contribution in [-0.2, 0) is 4.79 Å². The van der Waals surface area contributed by atoms with Crippen LogP contribution in [0, 0.1) is 0 Å². The van der Waals surface area contributed by atoms with E-state index < -0.39 is 0 Å². The summed E-state index contributed by atoms with van der Waals surface area (Å²) in [5.74, 6) is -0.263. The Morgan fingerprint density at radius 3 is 2.82 bits per heavy atom. The molecule has 0 aromatic carbocycles. The van der Waals surface area contributed by atoms with Gasteiger partial charge in [-0.25, -0.2) is 4.79 Å². The molecule has 0 spiro atoms. The zero-order valence-corrected chi connectivity index (χ0v) is 5.91. The lowest BCUT2D eigenvalue weighted by atomic mass is 10.5. The highest BCUT2D eigenvalue weighted by molar-refractivity contribution is 6.01. The van der Waals surface area contributed by atoms with Crippen molar-refractivity contribution in [1.82, 2.24) is 10.2 Å². The molecule has 60 valence electrons. The Morgan fingerprint density at radius 2 is 2.36 bits per heavy atom. The van der Waals surface area contributed by atoms with Crippen molar-refractivity contribution in [3.05, 3.63) is 12.3 Å². The quantitative estimate of drug-likeness (QED) is 0.503. The molecular weight excluding hydrogens is 146 g/mol. The van der Waals surface area contributed by atoms with Crippen LogP contribution in [0.2, 0.25) is 0 Å². The summed E-state index contributed by atoms with van der Waals surface area (Å²) in [6, 6.07) is -0.354. The fraction of sp³-hybridized carbons (Fsp3) is 0.333. The summed E-state index contributed by atoms with van der Waals surface area (Å²) >= 11 is 0. The van der Waals surface area contributed by atoms with E-state index in [2.05, 4.69) is 5.32 Å². The molecule has 0 aliphatic carbocycles. The van der Waals surface area contributed by atoms with Crippen molar-refractivity contribution in [2.45, 2.75) is 0 Å². The molecule has 0 radical (unpaired) electrons. The molecule has 0 aromatic heterocycles. The Balaban J connectivity index is 2.47. The number of nitrogens with two attached hydrogens (primary N) is 1. The molecule has 1 saturated heterocycles. The molecule has 1 rings (SSSR count). The lowest BCUT2D eigenvalue weighted by Gasteiger charge is -2.07. The van der Waals surface area contributed by atoms with Crippen molar-refractivity contribution >= 4 is 11.9 Å². The van der Waals surface area contributed by atoms with Crippen LogP contribution in [-0.4, -0.2) is 29.9 Å². The van der Waals surface area contributed by atoms with Crippen LogP contribution in [0.5, 0.6) is 0 Å². The standard InChI is InChI=1S/C6H9N3O2/c7-2-1-3-9-4-5(10)8-6(9)11/h1-2H,3-4,7H2,(H,8,10,11). The third-order valence-electron chi connectivity index (χ3n) is 1.33. The fourth-order valence-electron chi connectivity index (χ4n) is 0.819. The number of amides is 3. The van der Waals surface area contributed by atoms with Crippen molar-refractivity contribution < 1.29 is 9.59 Å². The van der Waals surface area contributed by atoms with Crippen LogP contribution in [0.25, 0.3) is 0 Å². The molecule has 0 saturated carbocycles. The molecule has 1 heterocycles. The van der Waals surface area contributed by atoms with E-state index in [9.17, 15) is 9.59 Å². The fourth-order valence-corrected chi connectivity index (χ4v) is 0.819. The summed E-state index contributed by atoms with van der Waals surface area (Å²) in [4.78, 5) is 22.8. The Kier molecular flexibility index (Phi) is 2.10. The van der Waals surface area contributed by atoms with Crippen LogP contribution in [0.1, 0.15) is 0 Å². The van der Waals surface area contributed by atoms with Crippen LogP contribution in [0.4, 0.5) is 4.79 Å². The average molecular weight is 155 g/mol. The Morgan fingerprint density at radius 1 is 1.64 bits per heavy atom. The summed E-state index contributed by atoms with van der Waals surface area (Å²) in [7, 11) is 0. The van der Waals surface area contributed by atoms with Crippen molar-refractivity contribution in [3.8, 4) is 0 Å². The van der Waals surface area contributed by atoms with E-state index in [4.69, 9.17) is 5.73 Å². The van der Waals surface area contributed by atoms with Gasteiger partial charge in [0.05, 0.1) is 0 Å². The van der Waals surface area contributed by atoms with Crippen molar-refractivity contribution in [2.24, 2.45) is 5.73 Å². The van der Waals surface area contributed by atoms with E-state index in [0.717, 1.165) is 0 Å². The van der Waals surface area contributed by atoms with E-state index in [-0.39, 0.29) is 18.5 Å². The second kappa shape index (κ2) is 3.05. The highest BCUT2D eigenvalue weighted by Gasteiger charge is 2.24. The summed E-state index contributed by atoms with van der Waals surface area (Å²) in [6.07, 6.45) is 2.95. The first-order valence-corrected chi connectivity index (χ1v) is 3.19. The number of hydrogen-bond donors (Lipinski definition) is 2. The van der Waals surface area contributed by atoms with Gasteiger partial charge >= 0.3 is 6.03 Å². The van der Waals surface area contributed by atoms with Gasteiger partial charge in [-0.15, -0.1) is 0 Å². The number of nitrogens with zero attached hydrogens (tertiary/aromatic N) is 1. The molecule has 0 aromatic rings. The number of carbonyl (C=O) groups excluding carboxylic acids is 2. The Bertz CT molecular complexity index is 212. The minimum Gasteiger partial charge on any atom is -0.405 e. The third kappa shape index (κ3) is 1.70. The number of rotatable bonds is 2. The van der Waals surface area contributed by atoms with Gasteiger partial charge in [0.15, 0.2) is 0 Å². The molecule has 5 nitrogen and oxygen atoms in total. The number of hydrogen-bond acceptors (Lipinski definition) is 3. The summed E-state index contributed by atoms with van der Waals surface area (Å²) in [6.45, 7) is 0.511. The predicted octanol–water partition coefficient (Wildman–Crippen LogP) is -0.989. The van der Waals surface area contributed by atoms with Gasteiger partial charge in [0.2, 0.25) is 5.91 Å². The minimum atomic E-state index is -0.354. The number of imide groups is 1. The second-order valence-corrected chi connectivity index (χ2v) is 2.16. The summed E-state index contributed by atoms with van der Waals surface area (Å²) in [5, 5.41) is 2.15. The molecule has 3 N–H and O–H groups in total. The van der Waals surface area contributed by atoms with Crippen LogP contribution in [0.15, 0.2) is 12.3 Å². The molecule has 1 aliphatic rings. The lowest BCUT2D eigenvalue weighted by Crippen LogP contribution is -2.28. The second-order valence-electron chi connectivity index (χ2n) is 2.16. The molecule has 1 aliphatic heterocycles. The smallest absolute Gasteiger partial charge is 0.324 e. The molecule has 0 bridgehead atoms. The first-order chi connectivity index (χ1) is 5.24. The largest absolute Gasteiger partial charge is 0.405 e. The zero-order chi connectivity index (χ0) is 8.27. The van der Waals surface area contributed by atoms with E-state index in [0.29, 0.717) is 6.54 Å². The maximum absolute atomic E-state index is 10.8. The Hall–Kier alpha value is -1.52. The van der Waals surface area contributed by atoms with Gasteiger partial charge in [0, 0.05) is 6.54 Å². The zero-order valence-electron chi connectivity index (χ0n) is 5.91. The number of nitrogens with one attached hydrogen (secondary N) is 1. The highest BCUT2D eigenvalue weighted by atomic mass is 16.2. The van der Waals surface area contributed by atoms with Crippen LogP contribution >= 0.6 is 0 Å². The summed E-state index contributed by atoms with van der Waals surface area (Å²) < 4.78 is 0. The SMILES string of the molecule is NC=CCN1CC(=O)NC1=O. The van der Waals surface area contributed by atoms with E-state index in [1.165, 1.54) is 11.1 Å². The average Bonchev–Trinajstić information content (AvgIpc) is 2.26. The van der Waals surface area contributed by atoms with E-state index in [1.807, 2.05) is 0 Å². The normalized spacial score (nSPS) is 18.0. The maximum atomic E-state index is 10.8. The predicted molar refractivity (Wildman–Crippen MR) is 38.4 cm³/mol. The maximum Gasteiger partial charge on any atom is 0.324 e. The van der Waals surface area contributed by atoms with E-state index in [1.54, 1.807) is 6.08 Å². The van der Waals surface area contributed by atoms with E-state index >= 15 is 0 Å². The summed E-state index contributed by atoms with van der Waals surface area (Å²) in [5.41, 5.74) is 5.06. The Labute approximate surface area is 63.8 Å². The molecular formula is C6H9N3O2. The van der Waals surface area contributed by atoms with Crippen LogP contribution in [0.3, 0.4) is 0 Å². The molecule has 0 atom stereocenters. The molecule has 1 fully saturated rings. The molecule has 11 heavy (non-hydrogen) atoms. The van der Waals surface area contributed by atoms with Crippen LogP contribution < -0.4 is 11.1 Å². The monoisotopic (exact) mass is 155 g/mol. The molecule has 5 heteroatoms. The van der Waals surface area contributed by atoms with Gasteiger partial charge < -0.3 is 10.6 Å². The third-order valence-corrected chi connectivity index (χ3v) is 1.33. The highest BCUT2D eigenvalue weighted by Crippen LogP contribution is 1.96. The van der Waals surface area contributed by atoms with Crippen molar-refractivity contribution in [1.29, 1.82) is 0 Å². The van der Waals surface area contributed by atoms with Crippen molar-refractivity contribution in [3.63, 3.8) is 0 Å². The first-order valence-electron chi connectivity index (χ1n) is 3.19. The number of carbonyl (C=O) groups is 2. The van der Waals surface area contributed by atoms with Crippen molar-refractivity contribution in [2.75, 3.05) is 13.1 Å². The molecule has 0 unspecified atom stereocenters. The minimum absolute atomic E-state index is 0.128. The topological polar surface area (TPSA) is 75.4 Å². The van der Waals surface area contributed by atoms with Gasteiger partial charge in [-0.3, -0.25) is 10.1 Å². The molecule has 3 amide bonds. The van der Waals surface area contributed by atoms with Gasteiger partial charge in [0.1, 0.15) is 6.54 Å². The number of urea groups is 1.